The molecule has 128 valence electrons. The predicted molar refractivity (Wildman–Crippen MR) is 90.3 cm³/mol. The van der Waals surface area contributed by atoms with Gasteiger partial charge >= 0.3 is 0 Å². The molecule has 0 unspecified atom stereocenters. The fourth-order valence-corrected chi connectivity index (χ4v) is 2.18. The van der Waals surface area contributed by atoms with Gasteiger partial charge in [0, 0.05) is 30.1 Å². The molecule has 3 aromatic heterocycles. The summed E-state index contributed by atoms with van der Waals surface area (Å²) in [5.41, 5.74) is 1.30. The van der Waals surface area contributed by atoms with E-state index < -0.39 is 0 Å². The van der Waals surface area contributed by atoms with Crippen LogP contribution in [0.1, 0.15) is 29.8 Å². The van der Waals surface area contributed by atoms with Gasteiger partial charge in [0.2, 0.25) is 5.88 Å². The van der Waals surface area contributed by atoms with Crippen molar-refractivity contribution in [3.63, 3.8) is 0 Å². The summed E-state index contributed by atoms with van der Waals surface area (Å²) in [6, 6.07) is 6.98. The maximum atomic E-state index is 12.4. The van der Waals surface area contributed by atoms with Gasteiger partial charge in [-0.1, -0.05) is 6.07 Å². The first-order valence-electron chi connectivity index (χ1n) is 7.83. The number of nitrogens with one attached hydrogen (secondary N) is 1. The van der Waals surface area contributed by atoms with Crippen LogP contribution in [0.3, 0.4) is 0 Å². The SMILES string of the molecule is CC(C)Oc1ncccc1CNC(=O)c1ccnc(-n2cncn2)c1. The average molecular weight is 338 g/mol. The number of aromatic nitrogens is 5. The van der Waals surface area contributed by atoms with Crippen LogP contribution in [0.2, 0.25) is 0 Å². The molecule has 0 aliphatic carbocycles. The van der Waals surface area contributed by atoms with Gasteiger partial charge in [-0.25, -0.2) is 19.6 Å². The van der Waals surface area contributed by atoms with E-state index in [0.29, 0.717) is 23.8 Å². The zero-order chi connectivity index (χ0) is 17.6. The van der Waals surface area contributed by atoms with Crippen LogP contribution >= 0.6 is 0 Å². The fraction of sp³-hybridized carbons (Fsp3) is 0.235. The van der Waals surface area contributed by atoms with Gasteiger partial charge in [0.15, 0.2) is 5.82 Å². The van der Waals surface area contributed by atoms with Crippen molar-refractivity contribution in [3.05, 3.63) is 60.4 Å². The van der Waals surface area contributed by atoms with E-state index in [-0.39, 0.29) is 12.0 Å². The van der Waals surface area contributed by atoms with Gasteiger partial charge in [0.05, 0.1) is 6.10 Å². The number of pyridine rings is 2. The molecular weight excluding hydrogens is 320 g/mol. The highest BCUT2D eigenvalue weighted by Crippen LogP contribution is 2.16. The quantitative estimate of drug-likeness (QED) is 0.736. The van der Waals surface area contributed by atoms with E-state index in [1.807, 2.05) is 26.0 Å². The standard InChI is InChI=1S/C17H18N6O2/c1-12(2)25-17-14(4-3-6-20-17)9-21-16(24)13-5-7-19-15(8-13)23-11-18-10-22-23/h3-8,10-12H,9H2,1-2H3,(H,21,24). The van der Waals surface area contributed by atoms with Crippen molar-refractivity contribution in [2.75, 3.05) is 0 Å². The number of ether oxygens (including phenoxy) is 1. The fourth-order valence-electron chi connectivity index (χ4n) is 2.18. The van der Waals surface area contributed by atoms with Crippen molar-refractivity contribution < 1.29 is 9.53 Å². The number of nitrogens with zero attached hydrogens (tertiary/aromatic N) is 5. The number of carbonyl (C=O) groups excluding carboxylic acids is 1. The molecule has 25 heavy (non-hydrogen) atoms. The third-order valence-electron chi connectivity index (χ3n) is 3.30. The first-order valence-corrected chi connectivity index (χ1v) is 7.83. The highest BCUT2D eigenvalue weighted by Gasteiger charge is 2.11. The van der Waals surface area contributed by atoms with Crippen molar-refractivity contribution >= 4 is 5.91 Å². The molecule has 8 heteroatoms. The Labute approximate surface area is 144 Å². The molecule has 0 fully saturated rings. The molecule has 1 amide bonds. The number of rotatable bonds is 6. The van der Waals surface area contributed by atoms with E-state index in [0.717, 1.165) is 5.56 Å². The molecule has 0 aromatic carbocycles. The second kappa shape index (κ2) is 7.52. The Kier molecular flexibility index (Phi) is 4.98. The minimum Gasteiger partial charge on any atom is -0.475 e. The molecule has 3 rings (SSSR count). The Balaban J connectivity index is 1.70. The Morgan fingerprint density at radius 1 is 1.28 bits per heavy atom. The van der Waals surface area contributed by atoms with Crippen molar-refractivity contribution in [3.8, 4) is 11.7 Å². The monoisotopic (exact) mass is 338 g/mol. The molecular formula is C17H18N6O2. The van der Waals surface area contributed by atoms with Crippen molar-refractivity contribution in [2.24, 2.45) is 0 Å². The first kappa shape index (κ1) is 16.6. The van der Waals surface area contributed by atoms with E-state index in [1.165, 1.54) is 17.3 Å². The third kappa shape index (κ3) is 4.17. The van der Waals surface area contributed by atoms with Gasteiger partial charge in [-0.2, -0.15) is 5.10 Å². The van der Waals surface area contributed by atoms with Gasteiger partial charge in [0.1, 0.15) is 12.7 Å². The zero-order valence-electron chi connectivity index (χ0n) is 14.0. The topological polar surface area (TPSA) is 94.8 Å². The molecule has 0 spiro atoms. The Bertz CT molecular complexity index is 848. The van der Waals surface area contributed by atoms with Gasteiger partial charge in [0.25, 0.3) is 5.91 Å². The van der Waals surface area contributed by atoms with Crippen LogP contribution in [-0.2, 0) is 6.54 Å². The smallest absolute Gasteiger partial charge is 0.251 e. The summed E-state index contributed by atoms with van der Waals surface area (Å²) in [6.07, 6.45) is 6.16. The van der Waals surface area contributed by atoms with E-state index >= 15 is 0 Å². The second-order valence-corrected chi connectivity index (χ2v) is 5.56. The molecule has 0 bridgehead atoms. The van der Waals surface area contributed by atoms with E-state index in [4.69, 9.17) is 4.74 Å². The lowest BCUT2D eigenvalue weighted by molar-refractivity contribution is 0.0950. The van der Waals surface area contributed by atoms with E-state index in [9.17, 15) is 4.79 Å². The van der Waals surface area contributed by atoms with Crippen LogP contribution in [0.15, 0.2) is 49.3 Å². The largest absolute Gasteiger partial charge is 0.475 e. The highest BCUT2D eigenvalue weighted by molar-refractivity contribution is 5.94. The summed E-state index contributed by atoms with van der Waals surface area (Å²) in [5, 5.41) is 6.88. The van der Waals surface area contributed by atoms with Crippen LogP contribution in [0, 0.1) is 0 Å². The lowest BCUT2D eigenvalue weighted by Crippen LogP contribution is -2.24. The molecule has 0 aliphatic rings. The van der Waals surface area contributed by atoms with Crippen LogP contribution in [0.4, 0.5) is 0 Å². The highest BCUT2D eigenvalue weighted by atomic mass is 16.5. The van der Waals surface area contributed by atoms with Gasteiger partial charge in [-0.15, -0.1) is 0 Å². The maximum Gasteiger partial charge on any atom is 0.251 e. The normalized spacial score (nSPS) is 10.7. The Morgan fingerprint density at radius 3 is 2.92 bits per heavy atom. The zero-order valence-corrected chi connectivity index (χ0v) is 14.0. The van der Waals surface area contributed by atoms with Crippen molar-refractivity contribution in [1.82, 2.24) is 30.0 Å². The van der Waals surface area contributed by atoms with E-state index in [1.54, 1.807) is 24.5 Å². The van der Waals surface area contributed by atoms with Gasteiger partial charge in [-0.3, -0.25) is 4.79 Å². The minimum absolute atomic E-state index is 0.00906. The molecule has 3 heterocycles. The molecule has 3 aromatic rings. The lowest BCUT2D eigenvalue weighted by Gasteiger charge is -2.13. The molecule has 8 nitrogen and oxygen atoms in total. The number of carbonyl (C=O) groups is 1. The molecule has 0 radical (unpaired) electrons. The van der Waals surface area contributed by atoms with Gasteiger partial charge < -0.3 is 10.1 Å². The average Bonchev–Trinajstić information content (AvgIpc) is 3.15. The van der Waals surface area contributed by atoms with Crippen molar-refractivity contribution in [2.45, 2.75) is 26.5 Å². The predicted octanol–water partition coefficient (Wildman–Crippen LogP) is 1.77. The molecule has 0 atom stereocenters. The lowest BCUT2D eigenvalue weighted by atomic mass is 10.2. The van der Waals surface area contributed by atoms with Crippen LogP contribution in [-0.4, -0.2) is 36.7 Å². The number of amides is 1. The summed E-state index contributed by atoms with van der Waals surface area (Å²) in [5.74, 6) is 0.828. The molecule has 1 N–H and O–H groups in total. The van der Waals surface area contributed by atoms with Crippen molar-refractivity contribution in [1.29, 1.82) is 0 Å². The Hall–Kier alpha value is -3.29. The number of hydrogen-bond acceptors (Lipinski definition) is 6. The minimum atomic E-state index is -0.219. The molecule has 0 saturated heterocycles. The van der Waals surface area contributed by atoms with Crippen LogP contribution in [0.25, 0.3) is 5.82 Å². The summed E-state index contributed by atoms with van der Waals surface area (Å²) >= 11 is 0. The van der Waals surface area contributed by atoms with E-state index in [2.05, 4.69) is 25.4 Å². The van der Waals surface area contributed by atoms with Gasteiger partial charge in [-0.05, 0) is 32.0 Å². The summed E-state index contributed by atoms with van der Waals surface area (Å²) in [6.45, 7) is 4.18. The third-order valence-corrected chi connectivity index (χ3v) is 3.30. The first-order chi connectivity index (χ1) is 12.1. The summed E-state index contributed by atoms with van der Waals surface area (Å²) in [4.78, 5) is 24.7. The van der Waals surface area contributed by atoms with Crippen LogP contribution < -0.4 is 10.1 Å². The number of hydrogen-bond donors (Lipinski definition) is 1. The summed E-state index contributed by atoms with van der Waals surface area (Å²) in [7, 11) is 0. The summed E-state index contributed by atoms with van der Waals surface area (Å²) < 4.78 is 7.15. The Morgan fingerprint density at radius 2 is 2.16 bits per heavy atom. The molecule has 0 saturated carbocycles. The second-order valence-electron chi connectivity index (χ2n) is 5.56. The molecule has 0 aliphatic heterocycles. The maximum absolute atomic E-state index is 12.4. The van der Waals surface area contributed by atoms with Crippen LogP contribution in [0.5, 0.6) is 5.88 Å².